The lowest BCUT2D eigenvalue weighted by Gasteiger charge is -2.09. The molecule has 0 aliphatic rings. The van der Waals surface area contributed by atoms with Gasteiger partial charge in [0.25, 0.3) is 5.95 Å². The van der Waals surface area contributed by atoms with Crippen LogP contribution < -0.4 is 21.3 Å². The first-order valence-corrected chi connectivity index (χ1v) is 12.4. The number of hydrazone groups is 1. The van der Waals surface area contributed by atoms with E-state index in [9.17, 15) is 9.18 Å². The number of rotatable bonds is 10. The molecule has 4 aromatic rings. The van der Waals surface area contributed by atoms with E-state index in [1.807, 2.05) is 48.5 Å². The molecule has 12 heteroatoms. The molecule has 0 saturated heterocycles. The zero-order chi connectivity index (χ0) is 25.3. The standard InChI is InChI=1S/C24H21BrFN7O2S/c25-18-7-3-5-16(11-18)14-35-21-10-2-1-6-17(21)13-28-30-23-31-32-24(33(23)27)36-15-22(34)29-20-9-4-8-19(26)12-20/h1-13H,14-15,27H2,(H,29,34)(H,30,31)/b28-13+. The Morgan fingerprint density at radius 1 is 1.14 bits per heavy atom. The normalized spacial score (nSPS) is 10.9. The summed E-state index contributed by atoms with van der Waals surface area (Å²) in [6.07, 6.45) is 1.59. The fraction of sp³-hybridized carbons (Fsp3) is 0.0833. The van der Waals surface area contributed by atoms with Gasteiger partial charge in [-0.05, 0) is 48.0 Å². The van der Waals surface area contributed by atoms with Gasteiger partial charge in [-0.3, -0.25) is 4.79 Å². The van der Waals surface area contributed by atoms with E-state index in [1.165, 1.54) is 22.9 Å². The third-order valence-corrected chi connectivity index (χ3v) is 6.11. The highest BCUT2D eigenvalue weighted by molar-refractivity contribution is 9.10. The molecule has 0 atom stereocenters. The van der Waals surface area contributed by atoms with E-state index in [4.69, 9.17) is 10.6 Å². The molecule has 184 valence electrons. The monoisotopic (exact) mass is 569 g/mol. The van der Waals surface area contributed by atoms with Crippen molar-refractivity contribution in [3.63, 3.8) is 0 Å². The van der Waals surface area contributed by atoms with Gasteiger partial charge in [0.15, 0.2) is 0 Å². The molecule has 4 rings (SSSR count). The zero-order valence-corrected chi connectivity index (χ0v) is 21.2. The van der Waals surface area contributed by atoms with Crippen LogP contribution in [0.4, 0.5) is 16.0 Å². The van der Waals surface area contributed by atoms with Crippen LogP contribution in [0.3, 0.4) is 0 Å². The van der Waals surface area contributed by atoms with E-state index >= 15 is 0 Å². The lowest BCUT2D eigenvalue weighted by atomic mass is 10.2. The number of hydrogen-bond donors (Lipinski definition) is 3. The number of nitrogen functional groups attached to an aromatic ring is 1. The Labute approximate surface area is 219 Å². The Balaban J connectivity index is 1.31. The smallest absolute Gasteiger partial charge is 0.264 e. The van der Waals surface area contributed by atoms with Crippen LogP contribution in [0.1, 0.15) is 11.1 Å². The Hall–Kier alpha value is -3.90. The summed E-state index contributed by atoms with van der Waals surface area (Å²) in [5.74, 6) is 6.12. The summed E-state index contributed by atoms with van der Waals surface area (Å²) in [5.41, 5.74) is 4.89. The number of halogens is 2. The van der Waals surface area contributed by atoms with E-state index in [0.717, 1.165) is 27.4 Å². The Morgan fingerprint density at radius 3 is 2.81 bits per heavy atom. The van der Waals surface area contributed by atoms with Gasteiger partial charge in [-0.2, -0.15) is 5.10 Å². The number of aromatic nitrogens is 3. The number of thioether (sulfide) groups is 1. The van der Waals surface area contributed by atoms with Gasteiger partial charge in [-0.25, -0.2) is 14.5 Å². The summed E-state index contributed by atoms with van der Waals surface area (Å²) < 4.78 is 21.4. The lowest BCUT2D eigenvalue weighted by molar-refractivity contribution is -0.113. The molecular formula is C24H21BrFN7O2S. The number of nitrogens with one attached hydrogen (secondary N) is 2. The maximum absolute atomic E-state index is 13.3. The predicted octanol–water partition coefficient (Wildman–Crippen LogP) is 4.65. The number of nitrogens with zero attached hydrogens (tertiary/aromatic N) is 4. The molecule has 0 bridgehead atoms. The molecule has 0 unspecified atom stereocenters. The van der Waals surface area contributed by atoms with Gasteiger partial charge in [0, 0.05) is 15.7 Å². The number of nitrogens with two attached hydrogens (primary N) is 1. The van der Waals surface area contributed by atoms with Crippen molar-refractivity contribution < 1.29 is 13.9 Å². The maximum Gasteiger partial charge on any atom is 0.264 e. The average molecular weight is 570 g/mol. The van der Waals surface area contributed by atoms with Crippen molar-refractivity contribution in [1.29, 1.82) is 0 Å². The Bertz CT molecular complexity index is 1380. The highest BCUT2D eigenvalue weighted by Gasteiger charge is 2.12. The molecule has 3 aromatic carbocycles. The number of hydrogen-bond acceptors (Lipinski definition) is 8. The summed E-state index contributed by atoms with van der Waals surface area (Å²) in [5, 5.41) is 15.0. The van der Waals surface area contributed by atoms with Gasteiger partial charge in [0.2, 0.25) is 11.1 Å². The van der Waals surface area contributed by atoms with Crippen molar-refractivity contribution in [3.8, 4) is 5.75 Å². The van der Waals surface area contributed by atoms with Crippen LogP contribution in [0.25, 0.3) is 0 Å². The van der Waals surface area contributed by atoms with Crippen molar-refractivity contribution in [1.82, 2.24) is 14.9 Å². The van der Waals surface area contributed by atoms with E-state index in [0.29, 0.717) is 23.2 Å². The molecule has 0 radical (unpaired) electrons. The van der Waals surface area contributed by atoms with Crippen LogP contribution in [-0.4, -0.2) is 32.7 Å². The number of carbonyl (C=O) groups is 1. The van der Waals surface area contributed by atoms with Gasteiger partial charge < -0.3 is 15.9 Å². The molecule has 1 aromatic heterocycles. The first kappa shape index (κ1) is 25.2. The maximum atomic E-state index is 13.3. The highest BCUT2D eigenvalue weighted by atomic mass is 79.9. The number of amides is 1. The third-order valence-electron chi connectivity index (χ3n) is 4.68. The van der Waals surface area contributed by atoms with Crippen molar-refractivity contribution in [3.05, 3.63) is 94.2 Å². The van der Waals surface area contributed by atoms with Crippen LogP contribution in [-0.2, 0) is 11.4 Å². The van der Waals surface area contributed by atoms with Gasteiger partial charge in [0.1, 0.15) is 18.2 Å². The van der Waals surface area contributed by atoms with Gasteiger partial charge in [-0.15, -0.1) is 10.2 Å². The minimum Gasteiger partial charge on any atom is -0.488 e. The Kier molecular flexibility index (Phi) is 8.53. The predicted molar refractivity (Wildman–Crippen MR) is 142 cm³/mol. The van der Waals surface area contributed by atoms with E-state index < -0.39 is 5.82 Å². The van der Waals surface area contributed by atoms with Crippen LogP contribution in [0.5, 0.6) is 5.75 Å². The number of benzene rings is 3. The van der Waals surface area contributed by atoms with Gasteiger partial charge in [0.05, 0.1) is 12.0 Å². The van der Waals surface area contributed by atoms with E-state index in [1.54, 1.807) is 12.3 Å². The molecule has 36 heavy (non-hydrogen) atoms. The molecule has 0 aliphatic heterocycles. The minimum atomic E-state index is -0.433. The summed E-state index contributed by atoms with van der Waals surface area (Å²) >= 11 is 4.54. The Morgan fingerprint density at radius 2 is 1.97 bits per heavy atom. The molecular weight excluding hydrogens is 549 g/mol. The van der Waals surface area contributed by atoms with Crippen molar-refractivity contribution >= 4 is 51.4 Å². The van der Waals surface area contributed by atoms with Crippen LogP contribution in [0, 0.1) is 5.82 Å². The average Bonchev–Trinajstić information content (AvgIpc) is 3.21. The molecule has 1 amide bonds. The fourth-order valence-electron chi connectivity index (χ4n) is 3.01. The first-order chi connectivity index (χ1) is 17.5. The second-order valence-corrected chi connectivity index (χ2v) is 9.21. The van der Waals surface area contributed by atoms with Crippen molar-refractivity contribution in [2.45, 2.75) is 11.8 Å². The number of para-hydroxylation sites is 1. The molecule has 9 nitrogen and oxygen atoms in total. The molecule has 0 fully saturated rings. The zero-order valence-electron chi connectivity index (χ0n) is 18.8. The summed E-state index contributed by atoms with van der Waals surface area (Å²) in [6.45, 7) is 0.405. The second-order valence-electron chi connectivity index (χ2n) is 7.35. The van der Waals surface area contributed by atoms with Crippen LogP contribution >= 0.6 is 27.7 Å². The van der Waals surface area contributed by atoms with E-state index in [2.05, 4.69) is 42.0 Å². The molecule has 1 heterocycles. The molecule has 0 spiro atoms. The SMILES string of the molecule is Nn1c(N/N=C/c2ccccc2OCc2cccc(Br)c2)nnc1SCC(=O)Nc1cccc(F)c1. The number of carbonyl (C=O) groups excluding carboxylic acids is 1. The summed E-state index contributed by atoms with van der Waals surface area (Å²) in [7, 11) is 0. The number of anilines is 2. The van der Waals surface area contributed by atoms with Crippen molar-refractivity contribution in [2.75, 3.05) is 22.3 Å². The van der Waals surface area contributed by atoms with Crippen LogP contribution in [0.15, 0.2) is 87.5 Å². The fourth-order valence-corrected chi connectivity index (χ4v) is 4.11. The largest absolute Gasteiger partial charge is 0.488 e. The molecule has 0 aliphatic carbocycles. The van der Waals surface area contributed by atoms with Crippen molar-refractivity contribution in [2.24, 2.45) is 5.10 Å². The number of ether oxygens (including phenoxy) is 1. The lowest BCUT2D eigenvalue weighted by Crippen LogP contribution is -2.17. The van der Waals surface area contributed by atoms with E-state index in [-0.39, 0.29) is 17.6 Å². The molecule has 0 saturated carbocycles. The minimum absolute atomic E-state index is 0.0117. The summed E-state index contributed by atoms with van der Waals surface area (Å²) in [6, 6.07) is 21.0. The molecule has 4 N–H and O–H groups in total. The quantitative estimate of drug-likeness (QED) is 0.110. The summed E-state index contributed by atoms with van der Waals surface area (Å²) in [4.78, 5) is 12.1. The third kappa shape index (κ3) is 7.06. The first-order valence-electron chi connectivity index (χ1n) is 10.6. The van der Waals surface area contributed by atoms with Crippen LogP contribution in [0.2, 0.25) is 0 Å². The highest BCUT2D eigenvalue weighted by Crippen LogP contribution is 2.20. The van der Waals surface area contributed by atoms with Gasteiger partial charge >= 0.3 is 0 Å². The second kappa shape index (κ2) is 12.2. The van der Waals surface area contributed by atoms with Gasteiger partial charge in [-0.1, -0.05) is 58.0 Å². The topological polar surface area (TPSA) is 119 Å².